The van der Waals surface area contributed by atoms with Gasteiger partial charge in [0.1, 0.15) is 0 Å². The zero-order chi connectivity index (χ0) is 12.3. The molecule has 0 aliphatic heterocycles. The Kier molecular flexibility index (Phi) is 4.88. The maximum absolute atomic E-state index is 2.51. The topological polar surface area (TPSA) is 0 Å². The SMILES string of the molecule is CCC1CC1CCC(C)(CC)C(C)C(C)C. The third-order valence-electron chi connectivity index (χ3n) is 5.59. The van der Waals surface area contributed by atoms with Gasteiger partial charge in [0.25, 0.3) is 0 Å². The summed E-state index contributed by atoms with van der Waals surface area (Å²) in [6.07, 6.45) is 7.21. The molecule has 1 fully saturated rings. The van der Waals surface area contributed by atoms with E-state index in [9.17, 15) is 0 Å². The highest BCUT2D eigenvalue weighted by atomic mass is 14.4. The van der Waals surface area contributed by atoms with E-state index in [2.05, 4.69) is 41.5 Å². The predicted octanol–water partition coefficient (Wildman–Crippen LogP) is 5.52. The molecular weight excluding hydrogens is 192 g/mol. The van der Waals surface area contributed by atoms with Crippen molar-refractivity contribution in [3.8, 4) is 0 Å². The molecule has 1 aliphatic rings. The van der Waals surface area contributed by atoms with Crippen molar-refractivity contribution in [1.29, 1.82) is 0 Å². The molecule has 0 N–H and O–H groups in total. The fourth-order valence-corrected chi connectivity index (χ4v) is 3.21. The van der Waals surface area contributed by atoms with Gasteiger partial charge in [0.15, 0.2) is 0 Å². The van der Waals surface area contributed by atoms with Crippen LogP contribution in [0.3, 0.4) is 0 Å². The van der Waals surface area contributed by atoms with Crippen LogP contribution in [0.4, 0.5) is 0 Å². The lowest BCUT2D eigenvalue weighted by Gasteiger charge is -2.37. The molecular formula is C16H32. The van der Waals surface area contributed by atoms with Crippen molar-refractivity contribution < 1.29 is 0 Å². The standard InChI is InChI=1S/C16H32/c1-7-14-11-15(14)9-10-16(6,8-2)13(5)12(3)4/h12-15H,7-11H2,1-6H3. The summed E-state index contributed by atoms with van der Waals surface area (Å²) in [5.41, 5.74) is 0.578. The van der Waals surface area contributed by atoms with Crippen LogP contribution in [-0.2, 0) is 0 Å². The van der Waals surface area contributed by atoms with Gasteiger partial charge in [-0.05, 0) is 48.3 Å². The summed E-state index contributed by atoms with van der Waals surface area (Å²) in [5, 5.41) is 0. The molecule has 0 radical (unpaired) electrons. The molecule has 0 aromatic rings. The van der Waals surface area contributed by atoms with Crippen molar-refractivity contribution in [2.45, 2.75) is 73.6 Å². The maximum atomic E-state index is 2.51. The second-order valence-electron chi connectivity index (χ2n) is 6.74. The zero-order valence-electron chi connectivity index (χ0n) is 12.3. The molecule has 0 nitrogen and oxygen atoms in total. The van der Waals surface area contributed by atoms with Crippen LogP contribution in [0, 0.1) is 29.1 Å². The van der Waals surface area contributed by atoms with Crippen molar-refractivity contribution in [2.75, 3.05) is 0 Å². The lowest BCUT2D eigenvalue weighted by Crippen LogP contribution is -2.28. The van der Waals surface area contributed by atoms with Gasteiger partial charge in [-0.1, -0.05) is 54.4 Å². The molecule has 0 aromatic carbocycles. The molecule has 0 heteroatoms. The van der Waals surface area contributed by atoms with Crippen LogP contribution < -0.4 is 0 Å². The highest BCUT2D eigenvalue weighted by molar-refractivity contribution is 4.88. The van der Waals surface area contributed by atoms with E-state index >= 15 is 0 Å². The predicted molar refractivity (Wildman–Crippen MR) is 73.5 cm³/mol. The zero-order valence-corrected chi connectivity index (χ0v) is 12.3. The number of rotatable bonds is 7. The van der Waals surface area contributed by atoms with Crippen LogP contribution in [0.25, 0.3) is 0 Å². The van der Waals surface area contributed by atoms with E-state index in [0.717, 1.165) is 23.7 Å². The smallest absolute Gasteiger partial charge is 0.0300 e. The lowest BCUT2D eigenvalue weighted by molar-refractivity contribution is 0.125. The van der Waals surface area contributed by atoms with Gasteiger partial charge in [-0.15, -0.1) is 0 Å². The van der Waals surface area contributed by atoms with E-state index in [0.29, 0.717) is 5.41 Å². The van der Waals surface area contributed by atoms with E-state index in [1.165, 1.54) is 32.1 Å². The average molecular weight is 224 g/mol. The first-order chi connectivity index (χ1) is 7.44. The molecule has 0 heterocycles. The maximum Gasteiger partial charge on any atom is -0.0300 e. The molecule has 0 amide bonds. The summed E-state index contributed by atoms with van der Waals surface area (Å²) >= 11 is 0. The Morgan fingerprint density at radius 3 is 2.12 bits per heavy atom. The number of hydrogen-bond acceptors (Lipinski definition) is 0. The first kappa shape index (κ1) is 14.1. The van der Waals surface area contributed by atoms with Gasteiger partial charge in [-0.25, -0.2) is 0 Å². The highest BCUT2D eigenvalue weighted by Gasteiger charge is 2.38. The third-order valence-corrected chi connectivity index (χ3v) is 5.59. The van der Waals surface area contributed by atoms with Crippen LogP contribution in [0.1, 0.15) is 73.6 Å². The Bertz CT molecular complexity index is 206. The van der Waals surface area contributed by atoms with Crippen LogP contribution in [0.2, 0.25) is 0 Å². The lowest BCUT2D eigenvalue weighted by atomic mass is 9.68. The summed E-state index contributed by atoms with van der Waals surface area (Å²) in [5.74, 6) is 3.84. The molecule has 0 spiro atoms. The van der Waals surface area contributed by atoms with Crippen LogP contribution >= 0.6 is 0 Å². The third kappa shape index (κ3) is 3.25. The summed E-state index contributed by atoms with van der Waals surface area (Å²) < 4.78 is 0. The fourth-order valence-electron chi connectivity index (χ4n) is 3.21. The van der Waals surface area contributed by atoms with Crippen LogP contribution in [0.5, 0.6) is 0 Å². The minimum atomic E-state index is 0.578. The first-order valence-corrected chi connectivity index (χ1v) is 7.44. The molecule has 0 bridgehead atoms. The summed E-state index contributed by atoms with van der Waals surface area (Å²) in [7, 11) is 0. The molecule has 16 heavy (non-hydrogen) atoms. The normalized spacial score (nSPS) is 30.2. The average Bonchev–Trinajstić information content (AvgIpc) is 3.03. The van der Waals surface area contributed by atoms with Crippen molar-refractivity contribution in [3.05, 3.63) is 0 Å². The summed E-state index contributed by atoms with van der Waals surface area (Å²) in [6.45, 7) is 14.5. The quantitative estimate of drug-likeness (QED) is 0.534. The Labute approximate surface area is 103 Å². The molecule has 1 rings (SSSR count). The van der Waals surface area contributed by atoms with Crippen LogP contribution in [0.15, 0.2) is 0 Å². The fraction of sp³-hybridized carbons (Fsp3) is 1.00. The van der Waals surface area contributed by atoms with Gasteiger partial charge in [0, 0.05) is 0 Å². The largest absolute Gasteiger partial charge is 0.0651 e. The molecule has 1 aliphatic carbocycles. The van der Waals surface area contributed by atoms with Crippen molar-refractivity contribution in [2.24, 2.45) is 29.1 Å². The summed E-state index contributed by atoms with van der Waals surface area (Å²) in [6, 6.07) is 0. The van der Waals surface area contributed by atoms with Crippen LogP contribution in [-0.4, -0.2) is 0 Å². The van der Waals surface area contributed by atoms with Gasteiger partial charge in [0.05, 0.1) is 0 Å². The Morgan fingerprint density at radius 2 is 1.75 bits per heavy atom. The Balaban J connectivity index is 2.41. The van der Waals surface area contributed by atoms with Gasteiger partial charge in [-0.2, -0.15) is 0 Å². The Hall–Kier alpha value is 0. The monoisotopic (exact) mass is 224 g/mol. The minimum Gasteiger partial charge on any atom is -0.0651 e. The van der Waals surface area contributed by atoms with Gasteiger partial charge in [-0.3, -0.25) is 0 Å². The second kappa shape index (κ2) is 5.56. The van der Waals surface area contributed by atoms with E-state index in [1.807, 2.05) is 0 Å². The second-order valence-corrected chi connectivity index (χ2v) is 6.74. The van der Waals surface area contributed by atoms with Gasteiger partial charge in [0.2, 0.25) is 0 Å². The van der Waals surface area contributed by atoms with E-state index in [4.69, 9.17) is 0 Å². The molecule has 1 saturated carbocycles. The first-order valence-electron chi connectivity index (χ1n) is 7.44. The molecule has 4 unspecified atom stereocenters. The van der Waals surface area contributed by atoms with Crippen molar-refractivity contribution in [3.63, 3.8) is 0 Å². The van der Waals surface area contributed by atoms with E-state index in [-0.39, 0.29) is 0 Å². The minimum absolute atomic E-state index is 0.578. The van der Waals surface area contributed by atoms with Crippen molar-refractivity contribution in [1.82, 2.24) is 0 Å². The molecule has 0 aromatic heterocycles. The molecule has 4 atom stereocenters. The number of hydrogen-bond donors (Lipinski definition) is 0. The van der Waals surface area contributed by atoms with E-state index in [1.54, 1.807) is 0 Å². The Morgan fingerprint density at radius 1 is 1.12 bits per heavy atom. The summed E-state index contributed by atoms with van der Waals surface area (Å²) in [4.78, 5) is 0. The molecule has 0 saturated heterocycles. The van der Waals surface area contributed by atoms with Gasteiger partial charge < -0.3 is 0 Å². The highest BCUT2D eigenvalue weighted by Crippen LogP contribution is 2.48. The molecule has 96 valence electrons. The van der Waals surface area contributed by atoms with Crippen molar-refractivity contribution >= 4 is 0 Å². The van der Waals surface area contributed by atoms with E-state index < -0.39 is 0 Å². The van der Waals surface area contributed by atoms with Gasteiger partial charge >= 0.3 is 0 Å².